The number of para-hydroxylation sites is 1. The third-order valence-electron chi connectivity index (χ3n) is 6.54. The normalized spacial score (nSPS) is 13.0. The Balaban J connectivity index is 0.000000223. The van der Waals surface area contributed by atoms with Crippen LogP contribution in [0.2, 0.25) is 0 Å². The summed E-state index contributed by atoms with van der Waals surface area (Å²) in [5, 5.41) is 7.27. The van der Waals surface area contributed by atoms with Gasteiger partial charge in [-0.25, -0.2) is 14.4 Å². The van der Waals surface area contributed by atoms with E-state index in [9.17, 15) is 14.0 Å². The highest BCUT2D eigenvalue weighted by Crippen LogP contribution is 2.32. The van der Waals surface area contributed by atoms with Crippen molar-refractivity contribution in [2.45, 2.75) is 20.3 Å². The quantitative estimate of drug-likeness (QED) is 0.177. The lowest BCUT2D eigenvalue weighted by atomic mass is 10.1. The molecular weight excluding hydrogens is 563 g/mol. The standard InChI is InChI=1S/C17H15FN2O2.C15H18N2O2.C2H6O/c1-19-11-3-6-17(14(18)9-11)22-16-7-8-20-15-10-12(21-2)4-5-13(15)16;1-3-9-16-10-12(2)14(11-18)15(19)17(16)13-7-5-4-6-8-13;1-3-2/h3-10,19H,1-2H3;4-8,11H,3,9-10H2,1-2H3;1-2H3. The molecule has 0 unspecified atom stereocenters. The van der Waals surface area contributed by atoms with Crippen molar-refractivity contribution in [1.29, 1.82) is 0 Å². The molecule has 0 radical (unpaired) electrons. The van der Waals surface area contributed by atoms with Gasteiger partial charge in [0.15, 0.2) is 17.9 Å². The number of nitrogens with one attached hydrogen (secondary N) is 1. The van der Waals surface area contributed by atoms with Gasteiger partial charge in [-0.05, 0) is 61.4 Å². The minimum Gasteiger partial charge on any atom is -0.497 e. The number of hydrogen-bond acceptors (Lipinski definition) is 8. The van der Waals surface area contributed by atoms with Crippen LogP contribution in [-0.4, -0.2) is 63.7 Å². The Morgan fingerprint density at radius 2 is 1.73 bits per heavy atom. The smallest absolute Gasteiger partial charge is 0.276 e. The summed E-state index contributed by atoms with van der Waals surface area (Å²) >= 11 is 0. The number of nitrogens with zero attached hydrogens (tertiary/aromatic N) is 3. The summed E-state index contributed by atoms with van der Waals surface area (Å²) in [6.07, 6.45) is 3.23. The third-order valence-corrected chi connectivity index (χ3v) is 6.54. The number of hydrazine groups is 1. The summed E-state index contributed by atoms with van der Waals surface area (Å²) in [5.41, 5.74) is 3.32. The van der Waals surface area contributed by atoms with Crippen LogP contribution in [0.3, 0.4) is 0 Å². The van der Waals surface area contributed by atoms with Crippen LogP contribution in [0, 0.1) is 5.82 Å². The molecule has 0 aliphatic carbocycles. The fraction of sp³-hybridized carbons (Fsp3) is 0.265. The van der Waals surface area contributed by atoms with Gasteiger partial charge in [-0.3, -0.25) is 14.6 Å². The summed E-state index contributed by atoms with van der Waals surface area (Å²) in [6.45, 7) is 5.31. The molecule has 1 N–H and O–H groups in total. The number of aldehydes is 1. The highest BCUT2D eigenvalue weighted by Gasteiger charge is 2.31. The highest BCUT2D eigenvalue weighted by molar-refractivity contribution is 6.18. The predicted octanol–water partition coefficient (Wildman–Crippen LogP) is 6.65. The lowest BCUT2D eigenvalue weighted by Crippen LogP contribution is -2.52. The van der Waals surface area contributed by atoms with Crippen LogP contribution in [0.25, 0.3) is 10.9 Å². The van der Waals surface area contributed by atoms with E-state index < -0.39 is 5.82 Å². The SMILES string of the molecule is CCCN1CC(C)=C(C=O)C(=O)N1c1ccccc1.CNc1ccc(Oc2ccnc3cc(OC)ccc23)c(F)c1.COC. The molecule has 9 nitrogen and oxygen atoms in total. The minimum absolute atomic E-state index is 0.169. The van der Waals surface area contributed by atoms with Crippen molar-refractivity contribution in [3.8, 4) is 17.2 Å². The zero-order chi connectivity index (χ0) is 32.1. The van der Waals surface area contributed by atoms with Crippen molar-refractivity contribution in [3.05, 3.63) is 96.0 Å². The molecule has 1 amide bonds. The number of methoxy groups -OCH3 is 2. The first-order valence-electron chi connectivity index (χ1n) is 14.1. The first kappa shape index (κ1) is 33.7. The molecule has 0 saturated carbocycles. The van der Waals surface area contributed by atoms with Crippen molar-refractivity contribution < 1.29 is 28.2 Å². The van der Waals surface area contributed by atoms with E-state index in [-0.39, 0.29) is 17.2 Å². The van der Waals surface area contributed by atoms with Crippen molar-refractivity contribution >= 4 is 34.5 Å². The number of benzene rings is 3. The fourth-order valence-corrected chi connectivity index (χ4v) is 4.47. The Bertz CT molecular complexity index is 1580. The molecule has 10 heteroatoms. The maximum Gasteiger partial charge on any atom is 0.276 e. The van der Waals surface area contributed by atoms with Crippen LogP contribution in [0.15, 0.2) is 90.1 Å². The number of anilines is 2. The van der Waals surface area contributed by atoms with Crippen molar-refractivity contribution in [1.82, 2.24) is 9.99 Å². The molecule has 2 heterocycles. The number of aromatic nitrogens is 1. The Kier molecular flexibility index (Phi) is 12.8. The van der Waals surface area contributed by atoms with E-state index in [1.54, 1.807) is 57.8 Å². The number of carbonyl (C=O) groups is 2. The van der Waals surface area contributed by atoms with Gasteiger partial charge in [0, 0.05) is 63.8 Å². The second-order valence-corrected chi connectivity index (χ2v) is 9.75. The largest absolute Gasteiger partial charge is 0.497 e. The van der Waals surface area contributed by atoms with Crippen LogP contribution in [0.5, 0.6) is 17.2 Å². The number of halogens is 1. The summed E-state index contributed by atoms with van der Waals surface area (Å²) in [4.78, 5) is 27.8. The van der Waals surface area contributed by atoms with Gasteiger partial charge in [-0.1, -0.05) is 25.1 Å². The molecule has 4 aromatic rings. The zero-order valence-electron chi connectivity index (χ0n) is 26.0. The molecule has 1 aliphatic rings. The third kappa shape index (κ3) is 8.40. The molecule has 0 spiro atoms. The van der Waals surface area contributed by atoms with E-state index in [2.05, 4.69) is 22.0 Å². The fourth-order valence-electron chi connectivity index (χ4n) is 4.47. The van der Waals surface area contributed by atoms with Gasteiger partial charge >= 0.3 is 0 Å². The number of carbonyl (C=O) groups excluding carboxylic acids is 2. The van der Waals surface area contributed by atoms with Crippen LogP contribution >= 0.6 is 0 Å². The number of pyridine rings is 1. The van der Waals surface area contributed by atoms with E-state index >= 15 is 0 Å². The van der Waals surface area contributed by atoms with E-state index in [0.717, 1.165) is 35.1 Å². The summed E-state index contributed by atoms with van der Waals surface area (Å²) < 4.78 is 29.2. The topological polar surface area (TPSA) is 93.2 Å². The Labute approximate surface area is 257 Å². The van der Waals surface area contributed by atoms with E-state index in [4.69, 9.17) is 9.47 Å². The predicted molar refractivity (Wildman–Crippen MR) is 172 cm³/mol. The molecule has 232 valence electrons. The first-order chi connectivity index (χ1) is 21.3. The molecule has 0 saturated heterocycles. The van der Waals surface area contributed by atoms with Gasteiger partial charge in [0.1, 0.15) is 11.5 Å². The molecule has 0 atom stereocenters. The van der Waals surface area contributed by atoms with Crippen molar-refractivity contribution in [2.24, 2.45) is 0 Å². The minimum atomic E-state index is -0.426. The van der Waals surface area contributed by atoms with Gasteiger partial charge in [0.2, 0.25) is 0 Å². The lowest BCUT2D eigenvalue weighted by molar-refractivity contribution is -0.120. The maximum atomic E-state index is 14.0. The van der Waals surface area contributed by atoms with Gasteiger partial charge in [-0.15, -0.1) is 0 Å². The number of hydrogen-bond donors (Lipinski definition) is 1. The van der Waals surface area contributed by atoms with Crippen LogP contribution in [-0.2, 0) is 14.3 Å². The number of fused-ring (bicyclic) bond motifs is 1. The highest BCUT2D eigenvalue weighted by atomic mass is 19.1. The second kappa shape index (κ2) is 16.7. The monoisotopic (exact) mass is 602 g/mol. The van der Waals surface area contributed by atoms with Gasteiger partial charge in [0.25, 0.3) is 5.91 Å². The average molecular weight is 603 g/mol. The van der Waals surface area contributed by atoms with Gasteiger partial charge in [-0.2, -0.15) is 0 Å². The van der Waals surface area contributed by atoms with E-state index in [1.165, 1.54) is 6.07 Å². The summed E-state index contributed by atoms with van der Waals surface area (Å²) in [7, 11) is 6.58. The molecule has 3 aromatic carbocycles. The van der Waals surface area contributed by atoms with Gasteiger partial charge in [0.05, 0.1) is 23.9 Å². The van der Waals surface area contributed by atoms with Crippen molar-refractivity contribution in [2.75, 3.05) is 51.8 Å². The van der Waals surface area contributed by atoms with Crippen LogP contribution in [0.1, 0.15) is 20.3 Å². The van der Waals surface area contributed by atoms with E-state index in [1.807, 2.05) is 60.5 Å². The second-order valence-electron chi connectivity index (χ2n) is 9.75. The Morgan fingerprint density at radius 3 is 2.34 bits per heavy atom. The molecule has 1 aliphatic heterocycles. The number of rotatable bonds is 8. The molecule has 44 heavy (non-hydrogen) atoms. The molecule has 5 rings (SSSR count). The zero-order valence-corrected chi connectivity index (χ0v) is 26.0. The molecule has 1 aromatic heterocycles. The van der Waals surface area contributed by atoms with Crippen molar-refractivity contribution in [3.63, 3.8) is 0 Å². The maximum absolute atomic E-state index is 14.0. The average Bonchev–Trinajstić information content (AvgIpc) is 3.03. The first-order valence-corrected chi connectivity index (χ1v) is 14.1. The summed E-state index contributed by atoms with van der Waals surface area (Å²) in [6, 6.07) is 21.4. The summed E-state index contributed by atoms with van der Waals surface area (Å²) in [5.74, 6) is 0.761. The molecule has 0 fully saturated rings. The number of ether oxygens (including phenoxy) is 3. The Hall–Kier alpha value is -4.80. The van der Waals surface area contributed by atoms with Crippen LogP contribution in [0.4, 0.5) is 15.8 Å². The van der Waals surface area contributed by atoms with E-state index in [0.29, 0.717) is 30.0 Å². The van der Waals surface area contributed by atoms with Gasteiger partial charge < -0.3 is 19.5 Å². The molecular formula is C34H39FN4O5. The molecule has 0 bridgehead atoms. The number of amides is 1. The lowest BCUT2D eigenvalue weighted by Gasteiger charge is -2.38. The Morgan fingerprint density at radius 1 is 1.00 bits per heavy atom. The van der Waals surface area contributed by atoms with Crippen LogP contribution < -0.4 is 19.8 Å².